The van der Waals surface area contributed by atoms with Gasteiger partial charge in [0.25, 0.3) is 0 Å². The number of carboxylic acid groups (broad SMARTS) is 1. The van der Waals surface area contributed by atoms with Crippen molar-refractivity contribution in [2.75, 3.05) is 26.3 Å². The SMILES string of the molecule is O=C(O)C(c1[nH]c(-c2ccccc2)nc1Br)N1CCOCC1. The summed E-state index contributed by atoms with van der Waals surface area (Å²) >= 11 is 3.39. The first-order valence-corrected chi connectivity index (χ1v) is 7.81. The predicted octanol–water partition coefficient (Wildman–Crippen LogP) is 2.30. The minimum absolute atomic E-state index is 0.533. The van der Waals surface area contributed by atoms with E-state index < -0.39 is 12.0 Å². The summed E-state index contributed by atoms with van der Waals surface area (Å²) in [5, 5.41) is 9.63. The number of benzene rings is 1. The molecule has 0 radical (unpaired) electrons. The number of rotatable bonds is 4. The van der Waals surface area contributed by atoms with Crippen LogP contribution in [0.4, 0.5) is 0 Å². The second-order valence-corrected chi connectivity index (χ2v) is 5.80. The lowest BCUT2D eigenvalue weighted by atomic mass is 10.1. The highest BCUT2D eigenvalue weighted by atomic mass is 79.9. The number of imidazole rings is 1. The third kappa shape index (κ3) is 3.06. The number of aromatic nitrogens is 2. The number of hydrogen-bond acceptors (Lipinski definition) is 4. The molecule has 3 rings (SSSR count). The van der Waals surface area contributed by atoms with Gasteiger partial charge in [0.1, 0.15) is 10.4 Å². The topological polar surface area (TPSA) is 78.4 Å². The van der Waals surface area contributed by atoms with E-state index in [0.717, 1.165) is 5.56 Å². The van der Waals surface area contributed by atoms with Crippen LogP contribution in [0.3, 0.4) is 0 Å². The third-order valence-corrected chi connectivity index (χ3v) is 4.26. The Morgan fingerprint density at radius 3 is 2.64 bits per heavy atom. The molecule has 1 unspecified atom stereocenters. The number of nitrogens with zero attached hydrogens (tertiary/aromatic N) is 2. The predicted molar refractivity (Wildman–Crippen MR) is 84.5 cm³/mol. The van der Waals surface area contributed by atoms with Gasteiger partial charge in [-0.05, 0) is 15.9 Å². The zero-order chi connectivity index (χ0) is 15.5. The maximum absolute atomic E-state index is 11.7. The van der Waals surface area contributed by atoms with Crippen LogP contribution in [0.5, 0.6) is 0 Å². The molecule has 1 fully saturated rings. The molecule has 2 heterocycles. The molecule has 22 heavy (non-hydrogen) atoms. The van der Waals surface area contributed by atoms with E-state index in [1.807, 2.05) is 35.2 Å². The number of hydrogen-bond donors (Lipinski definition) is 2. The minimum Gasteiger partial charge on any atom is -0.480 e. The molecule has 0 saturated carbocycles. The summed E-state index contributed by atoms with van der Waals surface area (Å²) < 4.78 is 5.83. The summed E-state index contributed by atoms with van der Waals surface area (Å²) in [6.07, 6.45) is 0. The van der Waals surface area contributed by atoms with Crippen molar-refractivity contribution in [2.45, 2.75) is 6.04 Å². The van der Waals surface area contributed by atoms with Gasteiger partial charge in [-0.25, -0.2) is 4.98 Å². The number of morpholine rings is 1. The van der Waals surface area contributed by atoms with E-state index in [-0.39, 0.29) is 0 Å². The summed E-state index contributed by atoms with van der Waals surface area (Å²) in [6.45, 7) is 2.26. The molecule has 1 atom stereocenters. The van der Waals surface area contributed by atoms with Crippen LogP contribution in [0.15, 0.2) is 34.9 Å². The Bertz CT molecular complexity index is 653. The normalized spacial score (nSPS) is 17.3. The maximum atomic E-state index is 11.7. The number of ether oxygens (including phenoxy) is 1. The molecule has 6 nitrogen and oxygen atoms in total. The monoisotopic (exact) mass is 365 g/mol. The summed E-state index contributed by atoms with van der Waals surface area (Å²) in [7, 11) is 0. The Hall–Kier alpha value is -1.70. The summed E-state index contributed by atoms with van der Waals surface area (Å²) in [5.74, 6) is -0.243. The van der Waals surface area contributed by atoms with Gasteiger partial charge >= 0.3 is 5.97 Å². The van der Waals surface area contributed by atoms with Crippen molar-refractivity contribution in [1.29, 1.82) is 0 Å². The van der Waals surface area contributed by atoms with Gasteiger partial charge in [0.05, 0.1) is 18.9 Å². The number of H-pyrrole nitrogens is 1. The van der Waals surface area contributed by atoms with Gasteiger partial charge < -0.3 is 14.8 Å². The van der Waals surface area contributed by atoms with E-state index in [4.69, 9.17) is 4.74 Å². The summed E-state index contributed by atoms with van der Waals surface area (Å²) in [4.78, 5) is 21.2. The number of nitrogens with one attached hydrogen (secondary N) is 1. The van der Waals surface area contributed by atoms with Gasteiger partial charge in [-0.1, -0.05) is 30.3 Å². The van der Waals surface area contributed by atoms with Gasteiger partial charge in [0, 0.05) is 18.7 Å². The van der Waals surface area contributed by atoms with Gasteiger partial charge in [0.2, 0.25) is 0 Å². The van der Waals surface area contributed by atoms with Crippen LogP contribution in [-0.4, -0.2) is 52.2 Å². The van der Waals surface area contributed by atoms with Crippen LogP contribution in [0.2, 0.25) is 0 Å². The van der Waals surface area contributed by atoms with Crippen LogP contribution in [0.1, 0.15) is 11.7 Å². The third-order valence-electron chi connectivity index (χ3n) is 3.65. The van der Waals surface area contributed by atoms with Gasteiger partial charge in [-0.3, -0.25) is 9.69 Å². The average molecular weight is 366 g/mol. The van der Waals surface area contributed by atoms with E-state index in [1.54, 1.807) is 0 Å². The Morgan fingerprint density at radius 2 is 2.00 bits per heavy atom. The van der Waals surface area contributed by atoms with Crippen molar-refractivity contribution in [3.63, 3.8) is 0 Å². The second-order valence-electron chi connectivity index (χ2n) is 5.05. The highest BCUT2D eigenvalue weighted by Gasteiger charge is 2.32. The molecule has 0 bridgehead atoms. The van der Waals surface area contributed by atoms with Crippen LogP contribution < -0.4 is 0 Å². The largest absolute Gasteiger partial charge is 0.480 e. The molecule has 116 valence electrons. The zero-order valence-corrected chi connectivity index (χ0v) is 13.4. The standard InChI is InChI=1S/C15H16BrN3O3/c16-13-11(12(15(20)21)19-6-8-22-9-7-19)17-14(18-13)10-4-2-1-3-5-10/h1-5,12H,6-9H2,(H,17,18)(H,20,21). The molecule has 0 aliphatic carbocycles. The number of aliphatic carboxylic acids is 1. The van der Waals surface area contributed by atoms with Crippen molar-refractivity contribution in [2.24, 2.45) is 0 Å². The fraction of sp³-hybridized carbons (Fsp3) is 0.333. The van der Waals surface area contributed by atoms with Crippen molar-refractivity contribution >= 4 is 21.9 Å². The molecule has 1 aromatic heterocycles. The molecule has 1 aromatic carbocycles. The van der Waals surface area contributed by atoms with Crippen molar-refractivity contribution in [1.82, 2.24) is 14.9 Å². The summed E-state index contributed by atoms with van der Waals surface area (Å²) in [6, 6.07) is 8.86. The van der Waals surface area contributed by atoms with E-state index in [1.165, 1.54) is 0 Å². The molecular formula is C15H16BrN3O3. The molecule has 0 amide bonds. The van der Waals surface area contributed by atoms with Crippen LogP contribution in [0, 0.1) is 0 Å². The Labute approximate surface area is 136 Å². The van der Waals surface area contributed by atoms with Crippen molar-refractivity contribution in [3.8, 4) is 11.4 Å². The molecule has 7 heteroatoms. The fourth-order valence-corrected chi connectivity index (χ4v) is 3.07. The van der Waals surface area contributed by atoms with E-state index in [0.29, 0.717) is 42.4 Å². The first-order valence-electron chi connectivity index (χ1n) is 7.02. The molecule has 2 aromatic rings. The minimum atomic E-state index is -0.897. The number of halogens is 1. The first kappa shape index (κ1) is 15.2. The molecule has 0 spiro atoms. The maximum Gasteiger partial charge on any atom is 0.327 e. The number of carbonyl (C=O) groups is 1. The molecule has 1 aliphatic rings. The van der Waals surface area contributed by atoms with Gasteiger partial charge in [-0.15, -0.1) is 0 Å². The molecule has 2 N–H and O–H groups in total. The highest BCUT2D eigenvalue weighted by Crippen LogP contribution is 2.30. The molecule has 1 aliphatic heterocycles. The van der Waals surface area contributed by atoms with Crippen molar-refractivity contribution < 1.29 is 14.6 Å². The van der Waals surface area contributed by atoms with Crippen LogP contribution in [0.25, 0.3) is 11.4 Å². The average Bonchev–Trinajstić information content (AvgIpc) is 2.91. The first-order chi connectivity index (χ1) is 10.7. The lowest BCUT2D eigenvalue weighted by Crippen LogP contribution is -2.42. The highest BCUT2D eigenvalue weighted by molar-refractivity contribution is 9.10. The number of aromatic amines is 1. The second kappa shape index (κ2) is 6.60. The van der Waals surface area contributed by atoms with Crippen molar-refractivity contribution in [3.05, 3.63) is 40.6 Å². The fourth-order valence-electron chi connectivity index (χ4n) is 2.58. The Kier molecular flexibility index (Phi) is 4.56. The van der Waals surface area contributed by atoms with E-state index in [2.05, 4.69) is 25.9 Å². The lowest BCUT2D eigenvalue weighted by Gasteiger charge is -2.31. The molecule has 1 saturated heterocycles. The summed E-state index contributed by atoms with van der Waals surface area (Å²) in [5.41, 5.74) is 1.48. The quantitative estimate of drug-likeness (QED) is 0.868. The van der Waals surface area contributed by atoms with E-state index >= 15 is 0 Å². The van der Waals surface area contributed by atoms with Crippen LogP contribution in [-0.2, 0) is 9.53 Å². The Balaban J connectivity index is 1.95. The van der Waals surface area contributed by atoms with Gasteiger partial charge in [-0.2, -0.15) is 0 Å². The number of carboxylic acids is 1. The molecular weight excluding hydrogens is 350 g/mol. The Morgan fingerprint density at radius 1 is 1.32 bits per heavy atom. The van der Waals surface area contributed by atoms with Gasteiger partial charge in [0.15, 0.2) is 6.04 Å². The smallest absolute Gasteiger partial charge is 0.327 e. The van der Waals surface area contributed by atoms with Crippen LogP contribution >= 0.6 is 15.9 Å². The zero-order valence-electron chi connectivity index (χ0n) is 11.8. The lowest BCUT2D eigenvalue weighted by molar-refractivity contribution is -0.145. The van der Waals surface area contributed by atoms with E-state index in [9.17, 15) is 9.90 Å².